The van der Waals surface area contributed by atoms with Gasteiger partial charge in [-0.15, -0.1) is 0 Å². The van der Waals surface area contributed by atoms with Crippen LogP contribution in [-0.2, 0) is 0 Å². The van der Waals surface area contributed by atoms with Crippen LogP contribution in [0.3, 0.4) is 0 Å². The van der Waals surface area contributed by atoms with Crippen LogP contribution in [0.25, 0.3) is 0 Å². The number of aromatic hydroxyl groups is 2. The summed E-state index contributed by atoms with van der Waals surface area (Å²) in [4.78, 5) is 12.6. The smallest absolute Gasteiger partial charge is 0.201 e. The van der Waals surface area contributed by atoms with Gasteiger partial charge in [-0.05, 0) is 50.2 Å². The van der Waals surface area contributed by atoms with E-state index in [-0.39, 0.29) is 29.5 Å². The van der Waals surface area contributed by atoms with Crippen LogP contribution >= 0.6 is 0 Å². The maximum Gasteiger partial charge on any atom is 0.201 e. The highest BCUT2D eigenvalue weighted by atomic mass is 16.5. The van der Waals surface area contributed by atoms with Crippen LogP contribution in [0.5, 0.6) is 23.0 Å². The molecule has 0 aliphatic carbocycles. The molecule has 0 atom stereocenters. The monoisotopic (exact) mass is 302 g/mol. The zero-order chi connectivity index (χ0) is 16.1. The quantitative estimate of drug-likeness (QED) is 0.633. The third-order valence-corrected chi connectivity index (χ3v) is 3.07. The van der Waals surface area contributed by atoms with Crippen molar-refractivity contribution in [3.8, 4) is 23.0 Å². The van der Waals surface area contributed by atoms with Crippen molar-refractivity contribution in [2.45, 2.75) is 13.8 Å². The van der Waals surface area contributed by atoms with Gasteiger partial charge in [-0.1, -0.05) is 0 Å². The molecule has 0 radical (unpaired) electrons. The Bertz CT molecular complexity index is 661. The van der Waals surface area contributed by atoms with Crippen LogP contribution in [0.4, 0.5) is 0 Å². The summed E-state index contributed by atoms with van der Waals surface area (Å²) >= 11 is 0. The van der Waals surface area contributed by atoms with Crippen molar-refractivity contribution in [1.29, 1.82) is 0 Å². The second-order valence-corrected chi connectivity index (χ2v) is 4.53. The predicted molar refractivity (Wildman–Crippen MR) is 82.0 cm³/mol. The summed E-state index contributed by atoms with van der Waals surface area (Å²) in [5, 5.41) is 19.4. The minimum atomic E-state index is -0.432. The highest BCUT2D eigenvalue weighted by Gasteiger charge is 2.20. The molecule has 2 aromatic carbocycles. The average molecular weight is 302 g/mol. The first-order valence-corrected chi connectivity index (χ1v) is 7.03. The van der Waals surface area contributed by atoms with E-state index in [1.54, 1.807) is 31.2 Å². The maximum atomic E-state index is 12.6. The van der Waals surface area contributed by atoms with Gasteiger partial charge in [-0.25, -0.2) is 0 Å². The summed E-state index contributed by atoms with van der Waals surface area (Å²) in [6, 6.07) is 9.40. The zero-order valence-electron chi connectivity index (χ0n) is 12.5. The zero-order valence-corrected chi connectivity index (χ0v) is 12.5. The fraction of sp³-hybridized carbons (Fsp3) is 0.235. The number of phenolic OH excluding ortho intramolecular Hbond substituents is 2. The average Bonchev–Trinajstić information content (AvgIpc) is 2.53. The first-order valence-electron chi connectivity index (χ1n) is 7.03. The van der Waals surface area contributed by atoms with Gasteiger partial charge in [0.2, 0.25) is 5.75 Å². The standard InChI is InChI=1S/C17H18O5/c1-3-21-12-7-5-11(6-8-12)15(19)13-9-10-14(18)16(20)17(13)22-4-2/h5-10,18,20H,3-4H2,1-2H3. The molecule has 2 rings (SSSR count). The highest BCUT2D eigenvalue weighted by Crippen LogP contribution is 2.39. The molecule has 5 heteroatoms. The van der Waals surface area contributed by atoms with E-state index in [0.29, 0.717) is 17.9 Å². The van der Waals surface area contributed by atoms with Gasteiger partial charge in [0.15, 0.2) is 17.3 Å². The Morgan fingerprint density at radius 3 is 2.18 bits per heavy atom. The molecule has 0 saturated heterocycles. The van der Waals surface area contributed by atoms with Crippen LogP contribution in [0.15, 0.2) is 36.4 Å². The second-order valence-electron chi connectivity index (χ2n) is 4.53. The highest BCUT2D eigenvalue weighted by molar-refractivity contribution is 6.11. The molecular formula is C17H18O5. The van der Waals surface area contributed by atoms with Crippen molar-refractivity contribution in [3.63, 3.8) is 0 Å². The number of ketones is 1. The summed E-state index contributed by atoms with van der Waals surface area (Å²) in [6.45, 7) is 4.43. The number of phenols is 2. The third-order valence-electron chi connectivity index (χ3n) is 3.07. The number of carbonyl (C=O) groups is 1. The minimum absolute atomic E-state index is 0.0126. The molecule has 0 fully saturated rings. The number of hydrogen-bond donors (Lipinski definition) is 2. The number of hydrogen-bond acceptors (Lipinski definition) is 5. The Kier molecular flexibility index (Phi) is 4.88. The molecule has 0 heterocycles. The first kappa shape index (κ1) is 15.7. The molecule has 116 valence electrons. The van der Waals surface area contributed by atoms with Crippen LogP contribution in [-0.4, -0.2) is 29.2 Å². The summed E-state index contributed by atoms with van der Waals surface area (Å²) in [7, 11) is 0. The lowest BCUT2D eigenvalue weighted by molar-refractivity contribution is 0.103. The third kappa shape index (κ3) is 3.14. The van der Waals surface area contributed by atoms with Crippen molar-refractivity contribution in [1.82, 2.24) is 0 Å². The molecule has 0 saturated carbocycles. The molecule has 0 unspecified atom stereocenters. The van der Waals surface area contributed by atoms with Crippen molar-refractivity contribution in [2.75, 3.05) is 13.2 Å². The fourth-order valence-corrected chi connectivity index (χ4v) is 2.05. The van der Waals surface area contributed by atoms with E-state index in [4.69, 9.17) is 9.47 Å². The van der Waals surface area contributed by atoms with Gasteiger partial charge in [0.1, 0.15) is 5.75 Å². The lowest BCUT2D eigenvalue weighted by Gasteiger charge is -2.12. The lowest BCUT2D eigenvalue weighted by Crippen LogP contribution is -2.06. The van der Waals surface area contributed by atoms with Crippen LogP contribution in [0.1, 0.15) is 29.8 Å². The van der Waals surface area contributed by atoms with Gasteiger partial charge < -0.3 is 19.7 Å². The van der Waals surface area contributed by atoms with Crippen molar-refractivity contribution in [2.24, 2.45) is 0 Å². The Morgan fingerprint density at radius 2 is 1.59 bits per heavy atom. The molecule has 0 aliphatic rings. The largest absolute Gasteiger partial charge is 0.504 e. The number of ether oxygens (including phenoxy) is 2. The Balaban J connectivity index is 2.38. The molecule has 0 aromatic heterocycles. The Morgan fingerprint density at radius 1 is 0.955 bits per heavy atom. The van der Waals surface area contributed by atoms with Crippen LogP contribution in [0.2, 0.25) is 0 Å². The Hall–Kier alpha value is -2.69. The van der Waals surface area contributed by atoms with Crippen molar-refractivity contribution < 1.29 is 24.5 Å². The van der Waals surface area contributed by atoms with E-state index in [1.807, 2.05) is 6.92 Å². The molecule has 2 aromatic rings. The molecule has 22 heavy (non-hydrogen) atoms. The molecule has 5 nitrogen and oxygen atoms in total. The summed E-state index contributed by atoms with van der Waals surface area (Å²) < 4.78 is 10.6. The van der Waals surface area contributed by atoms with Gasteiger partial charge in [-0.2, -0.15) is 0 Å². The van der Waals surface area contributed by atoms with Crippen molar-refractivity contribution >= 4 is 5.78 Å². The van der Waals surface area contributed by atoms with E-state index >= 15 is 0 Å². The fourth-order valence-electron chi connectivity index (χ4n) is 2.05. The Labute approximate surface area is 128 Å². The first-order chi connectivity index (χ1) is 10.6. The number of carbonyl (C=O) groups excluding carboxylic acids is 1. The van der Waals surface area contributed by atoms with Crippen LogP contribution < -0.4 is 9.47 Å². The van der Waals surface area contributed by atoms with Gasteiger partial charge in [-0.3, -0.25) is 4.79 Å². The van der Waals surface area contributed by atoms with Gasteiger partial charge >= 0.3 is 0 Å². The molecular weight excluding hydrogens is 284 g/mol. The number of rotatable bonds is 6. The lowest BCUT2D eigenvalue weighted by atomic mass is 10.0. The van der Waals surface area contributed by atoms with E-state index in [2.05, 4.69) is 0 Å². The number of benzene rings is 2. The van der Waals surface area contributed by atoms with Gasteiger partial charge in [0, 0.05) is 5.56 Å². The molecule has 0 bridgehead atoms. The van der Waals surface area contributed by atoms with E-state index in [1.165, 1.54) is 12.1 Å². The molecule has 2 N–H and O–H groups in total. The summed E-state index contributed by atoms with van der Waals surface area (Å²) in [5.74, 6) is -0.397. The molecule has 0 amide bonds. The normalized spacial score (nSPS) is 10.3. The summed E-state index contributed by atoms with van der Waals surface area (Å²) in [6.07, 6.45) is 0. The predicted octanol–water partition coefficient (Wildman–Crippen LogP) is 3.13. The van der Waals surface area contributed by atoms with Crippen molar-refractivity contribution in [3.05, 3.63) is 47.5 Å². The van der Waals surface area contributed by atoms with E-state index in [9.17, 15) is 15.0 Å². The molecule has 0 spiro atoms. The van der Waals surface area contributed by atoms with Gasteiger partial charge in [0.25, 0.3) is 0 Å². The second kappa shape index (κ2) is 6.85. The minimum Gasteiger partial charge on any atom is -0.504 e. The summed E-state index contributed by atoms with van der Waals surface area (Å²) in [5.41, 5.74) is 0.635. The van der Waals surface area contributed by atoms with Crippen LogP contribution in [0, 0.1) is 0 Å². The molecule has 0 aliphatic heterocycles. The maximum absolute atomic E-state index is 12.6. The SMILES string of the molecule is CCOc1ccc(C(=O)c2ccc(O)c(O)c2OCC)cc1. The van der Waals surface area contributed by atoms with E-state index in [0.717, 1.165) is 0 Å². The van der Waals surface area contributed by atoms with Gasteiger partial charge in [0.05, 0.1) is 18.8 Å². The van der Waals surface area contributed by atoms with E-state index < -0.39 is 5.75 Å². The topological polar surface area (TPSA) is 76.0 Å².